The molecule has 0 bridgehead atoms. The normalized spacial score (nSPS) is 11.3. The molecule has 0 unspecified atom stereocenters. The van der Waals surface area contributed by atoms with Crippen molar-refractivity contribution in [1.29, 1.82) is 0 Å². The van der Waals surface area contributed by atoms with Gasteiger partial charge in [-0.05, 0) is 51.7 Å². The van der Waals surface area contributed by atoms with Crippen LogP contribution in [0.5, 0.6) is 0 Å². The second kappa shape index (κ2) is 39.1. The first-order valence-electron chi connectivity index (χ1n) is 18.6. The molecule has 4 heteroatoms. The second-order valence-corrected chi connectivity index (χ2v) is 12.9. The predicted octanol–water partition coefficient (Wildman–Crippen LogP) is 8.18. The molecule has 0 aromatic carbocycles. The summed E-state index contributed by atoms with van der Waals surface area (Å²) in [6.07, 6.45) is 41.4. The molecule has 240 valence electrons. The van der Waals surface area contributed by atoms with Crippen molar-refractivity contribution in [3.63, 3.8) is 0 Å². The van der Waals surface area contributed by atoms with Crippen LogP contribution < -0.4 is 56.5 Å². The fourth-order valence-corrected chi connectivity index (χ4v) is 6.00. The number of hydrogen-bond acceptors (Lipinski definition) is 3. The van der Waals surface area contributed by atoms with Gasteiger partial charge >= 0.3 is 51.4 Å². The number of carboxylic acids is 1. The minimum absolute atomic E-state index is 0. The van der Waals surface area contributed by atoms with E-state index in [9.17, 15) is 9.90 Å². The standard InChI is InChI=1S/C37H75NO2.K/c1-3-5-7-9-11-13-15-17-19-21-23-25-27-30-34-38(36-32-29-33-37(39)40)35-31-28-26-24-22-20-18-16-14-12-10-8-6-4-2;/h3-36H2,1-2H3,(H,39,40);/q;+1/p-1. The molecule has 0 rings (SSSR count). The number of nitrogens with zero attached hydrogens (tertiary/aromatic N) is 1. The summed E-state index contributed by atoms with van der Waals surface area (Å²) in [5.74, 6) is -0.898. The van der Waals surface area contributed by atoms with Crippen LogP contribution in [0.3, 0.4) is 0 Å². The first-order valence-corrected chi connectivity index (χ1v) is 18.6. The van der Waals surface area contributed by atoms with E-state index in [-0.39, 0.29) is 57.8 Å². The summed E-state index contributed by atoms with van der Waals surface area (Å²) in [6, 6.07) is 0. The Morgan fingerprint density at radius 1 is 0.390 bits per heavy atom. The number of carbonyl (C=O) groups is 1. The van der Waals surface area contributed by atoms with Gasteiger partial charge in [-0.15, -0.1) is 0 Å². The van der Waals surface area contributed by atoms with Crippen LogP contribution in [-0.2, 0) is 4.79 Å². The van der Waals surface area contributed by atoms with E-state index in [1.807, 2.05) is 0 Å². The van der Waals surface area contributed by atoms with Crippen LogP contribution >= 0.6 is 0 Å². The Hall–Kier alpha value is 1.07. The molecule has 0 atom stereocenters. The monoisotopic (exact) mass is 604 g/mol. The fourth-order valence-electron chi connectivity index (χ4n) is 6.00. The van der Waals surface area contributed by atoms with E-state index < -0.39 is 5.97 Å². The van der Waals surface area contributed by atoms with Crippen molar-refractivity contribution in [3.05, 3.63) is 0 Å². The van der Waals surface area contributed by atoms with Gasteiger partial charge in [0.2, 0.25) is 0 Å². The van der Waals surface area contributed by atoms with Crippen LogP contribution in [0.2, 0.25) is 0 Å². The minimum atomic E-state index is -0.898. The molecular formula is C37H74KNO2. The average molecular weight is 604 g/mol. The van der Waals surface area contributed by atoms with Crippen LogP contribution in [0.15, 0.2) is 0 Å². The zero-order valence-electron chi connectivity index (χ0n) is 28.8. The molecule has 0 N–H and O–H groups in total. The summed E-state index contributed by atoms with van der Waals surface area (Å²) in [4.78, 5) is 13.4. The van der Waals surface area contributed by atoms with Crippen LogP contribution in [0.1, 0.15) is 213 Å². The molecule has 0 saturated heterocycles. The summed E-state index contributed by atoms with van der Waals surface area (Å²) < 4.78 is 0. The Labute approximate surface area is 302 Å². The van der Waals surface area contributed by atoms with Gasteiger partial charge in [-0.3, -0.25) is 0 Å². The van der Waals surface area contributed by atoms with E-state index in [1.165, 1.54) is 193 Å². The molecular weight excluding hydrogens is 530 g/mol. The van der Waals surface area contributed by atoms with E-state index in [0.717, 1.165) is 19.4 Å². The van der Waals surface area contributed by atoms with Gasteiger partial charge in [0.05, 0.1) is 0 Å². The summed E-state index contributed by atoms with van der Waals surface area (Å²) >= 11 is 0. The van der Waals surface area contributed by atoms with Gasteiger partial charge < -0.3 is 14.8 Å². The van der Waals surface area contributed by atoms with Gasteiger partial charge in [-0.2, -0.15) is 0 Å². The third-order valence-corrected chi connectivity index (χ3v) is 8.76. The number of carbonyl (C=O) groups excluding carboxylic acids is 1. The number of unbranched alkanes of at least 4 members (excludes halogenated alkanes) is 27. The van der Waals surface area contributed by atoms with Crippen LogP contribution in [0.4, 0.5) is 0 Å². The fraction of sp³-hybridized carbons (Fsp3) is 0.973. The van der Waals surface area contributed by atoms with Gasteiger partial charge in [-0.25, -0.2) is 0 Å². The van der Waals surface area contributed by atoms with Gasteiger partial charge in [0.25, 0.3) is 0 Å². The summed E-state index contributed by atoms with van der Waals surface area (Å²) in [5, 5.41) is 10.8. The summed E-state index contributed by atoms with van der Waals surface area (Å²) in [7, 11) is 0. The SMILES string of the molecule is CCCCCCCCCCCCCCCCN(CCCCCCCCCCCCCCCC)CCCCC(=O)[O-].[K+]. The first kappa shape index (κ1) is 44.2. The van der Waals surface area contributed by atoms with Crippen molar-refractivity contribution in [3.8, 4) is 0 Å². The third kappa shape index (κ3) is 39.0. The molecule has 0 saturated carbocycles. The van der Waals surface area contributed by atoms with Crippen LogP contribution in [0.25, 0.3) is 0 Å². The van der Waals surface area contributed by atoms with Crippen molar-refractivity contribution < 1.29 is 61.3 Å². The molecule has 0 aromatic heterocycles. The van der Waals surface area contributed by atoms with Crippen molar-refractivity contribution in [2.45, 2.75) is 213 Å². The molecule has 0 aliphatic rings. The predicted molar refractivity (Wildman–Crippen MR) is 176 cm³/mol. The topological polar surface area (TPSA) is 43.4 Å². The molecule has 0 aliphatic heterocycles. The molecule has 0 fully saturated rings. The number of rotatable bonds is 35. The van der Waals surface area contributed by atoms with E-state index in [4.69, 9.17) is 0 Å². The molecule has 41 heavy (non-hydrogen) atoms. The Balaban J connectivity index is 0. The number of carboxylic acid groups (broad SMARTS) is 1. The molecule has 0 aliphatic carbocycles. The molecule has 3 nitrogen and oxygen atoms in total. The van der Waals surface area contributed by atoms with Crippen molar-refractivity contribution in [2.75, 3.05) is 19.6 Å². The van der Waals surface area contributed by atoms with Gasteiger partial charge in [0.15, 0.2) is 0 Å². The number of hydrogen-bond donors (Lipinski definition) is 0. The first-order chi connectivity index (χ1) is 19.7. The maximum atomic E-state index is 10.8. The largest absolute Gasteiger partial charge is 1.00 e. The quantitative estimate of drug-likeness (QED) is 0.0542. The summed E-state index contributed by atoms with van der Waals surface area (Å²) in [5.41, 5.74) is 0. The average Bonchev–Trinajstić information content (AvgIpc) is 2.95. The Morgan fingerprint density at radius 2 is 0.610 bits per heavy atom. The Bertz CT molecular complexity index is 456. The molecule has 0 radical (unpaired) electrons. The molecule has 0 aromatic rings. The third-order valence-electron chi connectivity index (χ3n) is 8.76. The van der Waals surface area contributed by atoms with Gasteiger partial charge in [-0.1, -0.05) is 181 Å². The van der Waals surface area contributed by atoms with Crippen molar-refractivity contribution in [2.24, 2.45) is 0 Å². The zero-order chi connectivity index (χ0) is 29.2. The van der Waals surface area contributed by atoms with Gasteiger partial charge in [0, 0.05) is 5.97 Å². The zero-order valence-corrected chi connectivity index (χ0v) is 31.9. The number of aliphatic carboxylic acids is 1. The Morgan fingerprint density at radius 3 is 0.854 bits per heavy atom. The van der Waals surface area contributed by atoms with Gasteiger partial charge in [0.1, 0.15) is 0 Å². The minimum Gasteiger partial charge on any atom is -0.550 e. The van der Waals surface area contributed by atoms with E-state index in [1.54, 1.807) is 0 Å². The second-order valence-electron chi connectivity index (χ2n) is 12.9. The van der Waals surface area contributed by atoms with E-state index in [2.05, 4.69) is 18.7 Å². The molecule has 0 spiro atoms. The van der Waals surface area contributed by atoms with Crippen LogP contribution in [0, 0.1) is 0 Å². The molecule has 0 amide bonds. The van der Waals surface area contributed by atoms with Crippen molar-refractivity contribution in [1.82, 2.24) is 4.90 Å². The Kier molecular flexibility index (Phi) is 42.1. The summed E-state index contributed by atoms with van der Waals surface area (Å²) in [6.45, 7) is 8.04. The smallest absolute Gasteiger partial charge is 0.550 e. The maximum Gasteiger partial charge on any atom is 1.00 e. The van der Waals surface area contributed by atoms with E-state index >= 15 is 0 Å². The van der Waals surface area contributed by atoms with E-state index in [0.29, 0.717) is 0 Å². The molecule has 0 heterocycles. The maximum absolute atomic E-state index is 10.8. The van der Waals surface area contributed by atoms with Crippen LogP contribution in [-0.4, -0.2) is 30.5 Å². The van der Waals surface area contributed by atoms with Crippen molar-refractivity contribution >= 4 is 5.97 Å².